The molecule has 1 atom stereocenters. The minimum atomic E-state index is 0.0491. The number of carbonyl (C=O) groups excluding carboxylic acids is 1. The minimum Gasteiger partial charge on any atom is -0.343 e. The molecule has 1 saturated carbocycles. The minimum absolute atomic E-state index is 0.0491. The first-order valence-corrected chi connectivity index (χ1v) is 7.71. The average Bonchev–Trinajstić information content (AvgIpc) is 2.65. The number of amides is 1. The van der Waals surface area contributed by atoms with Gasteiger partial charge in [-0.3, -0.25) is 4.79 Å². The van der Waals surface area contributed by atoms with Crippen LogP contribution in [0.5, 0.6) is 0 Å². The Morgan fingerprint density at radius 1 is 1.17 bits per heavy atom. The van der Waals surface area contributed by atoms with Crippen LogP contribution < -0.4 is 5.73 Å². The Bertz CT molecular complexity index is 231. The highest BCUT2D eigenvalue weighted by Crippen LogP contribution is 2.28. The summed E-state index contributed by atoms with van der Waals surface area (Å²) in [6.07, 6.45) is 9.00. The molecule has 0 aromatic carbocycles. The van der Waals surface area contributed by atoms with E-state index in [4.69, 9.17) is 5.73 Å². The van der Waals surface area contributed by atoms with Crippen molar-refractivity contribution in [2.45, 2.75) is 58.8 Å². The van der Waals surface area contributed by atoms with Crippen LogP contribution in [0.25, 0.3) is 0 Å². The molecule has 1 amide bonds. The zero-order valence-corrected chi connectivity index (χ0v) is 12.2. The van der Waals surface area contributed by atoms with Crippen molar-refractivity contribution in [3.8, 4) is 0 Å². The maximum absolute atomic E-state index is 12.3. The quantitative estimate of drug-likeness (QED) is 0.741. The lowest BCUT2D eigenvalue weighted by atomic mass is 9.88. The summed E-state index contributed by atoms with van der Waals surface area (Å²) in [6, 6.07) is 0. The van der Waals surface area contributed by atoms with Crippen molar-refractivity contribution in [1.82, 2.24) is 4.90 Å². The van der Waals surface area contributed by atoms with Crippen LogP contribution in [-0.2, 0) is 4.79 Å². The number of hydrogen-bond acceptors (Lipinski definition) is 2. The van der Waals surface area contributed by atoms with Gasteiger partial charge in [-0.2, -0.15) is 0 Å². The lowest BCUT2D eigenvalue weighted by Crippen LogP contribution is -2.39. The summed E-state index contributed by atoms with van der Waals surface area (Å²) in [6.45, 7) is 6.19. The topological polar surface area (TPSA) is 46.3 Å². The van der Waals surface area contributed by atoms with Crippen molar-refractivity contribution in [2.75, 3.05) is 19.6 Å². The van der Waals surface area contributed by atoms with Crippen molar-refractivity contribution in [3.05, 3.63) is 0 Å². The normalized spacial score (nSPS) is 19.3. The maximum atomic E-state index is 12.3. The van der Waals surface area contributed by atoms with Gasteiger partial charge in [-0.15, -0.1) is 0 Å². The Balaban J connectivity index is 2.51. The van der Waals surface area contributed by atoms with Crippen LogP contribution in [0.2, 0.25) is 0 Å². The molecule has 0 radical (unpaired) electrons. The average molecular weight is 254 g/mol. The van der Waals surface area contributed by atoms with Gasteiger partial charge in [-0.05, 0) is 26.2 Å². The largest absolute Gasteiger partial charge is 0.343 e. The van der Waals surface area contributed by atoms with E-state index < -0.39 is 0 Å². The van der Waals surface area contributed by atoms with Crippen LogP contribution >= 0.6 is 0 Å². The molecule has 0 spiro atoms. The third kappa shape index (κ3) is 4.60. The zero-order chi connectivity index (χ0) is 13.4. The van der Waals surface area contributed by atoms with E-state index in [1.807, 2.05) is 18.7 Å². The van der Waals surface area contributed by atoms with E-state index in [2.05, 4.69) is 0 Å². The molecular weight excluding hydrogens is 224 g/mol. The molecular formula is C15H30N2O. The molecule has 106 valence electrons. The first-order valence-electron chi connectivity index (χ1n) is 7.71. The van der Waals surface area contributed by atoms with Gasteiger partial charge >= 0.3 is 0 Å². The number of hydrogen-bond donors (Lipinski definition) is 1. The van der Waals surface area contributed by atoms with Gasteiger partial charge in [-0.1, -0.05) is 38.5 Å². The standard InChI is InChI=1S/C15H30N2O/c1-3-17(4-2)15(18)14(12-16)11-13-9-7-5-6-8-10-13/h13-14H,3-12,16H2,1-2H3. The van der Waals surface area contributed by atoms with E-state index in [9.17, 15) is 4.79 Å². The molecule has 1 unspecified atom stereocenters. The molecule has 0 aromatic heterocycles. The van der Waals surface area contributed by atoms with Crippen LogP contribution in [0.1, 0.15) is 58.8 Å². The number of rotatable bonds is 6. The van der Waals surface area contributed by atoms with Gasteiger partial charge in [0, 0.05) is 19.6 Å². The summed E-state index contributed by atoms with van der Waals surface area (Å²) in [4.78, 5) is 14.3. The molecule has 0 bridgehead atoms. The summed E-state index contributed by atoms with van der Waals surface area (Å²) in [5.74, 6) is 1.04. The molecule has 2 N–H and O–H groups in total. The van der Waals surface area contributed by atoms with E-state index in [1.54, 1.807) is 0 Å². The first-order chi connectivity index (χ1) is 8.72. The van der Waals surface area contributed by atoms with E-state index in [1.165, 1.54) is 38.5 Å². The Morgan fingerprint density at radius 3 is 2.17 bits per heavy atom. The van der Waals surface area contributed by atoms with Gasteiger partial charge in [0.15, 0.2) is 0 Å². The predicted molar refractivity (Wildman–Crippen MR) is 76.3 cm³/mol. The molecule has 0 aliphatic heterocycles. The first kappa shape index (κ1) is 15.5. The lowest BCUT2D eigenvalue weighted by Gasteiger charge is -2.27. The smallest absolute Gasteiger partial charge is 0.226 e. The van der Waals surface area contributed by atoms with Gasteiger partial charge in [0.25, 0.3) is 0 Å². The molecule has 0 heterocycles. The second-order valence-electron chi connectivity index (χ2n) is 5.54. The number of nitrogens with two attached hydrogens (primary N) is 1. The highest BCUT2D eigenvalue weighted by molar-refractivity contribution is 5.79. The molecule has 1 rings (SSSR count). The molecule has 1 aliphatic rings. The van der Waals surface area contributed by atoms with E-state index >= 15 is 0 Å². The van der Waals surface area contributed by atoms with Crippen LogP contribution in [0.3, 0.4) is 0 Å². The monoisotopic (exact) mass is 254 g/mol. The fourth-order valence-corrected chi connectivity index (χ4v) is 3.09. The van der Waals surface area contributed by atoms with E-state index in [0.717, 1.165) is 25.4 Å². The fraction of sp³-hybridized carbons (Fsp3) is 0.933. The lowest BCUT2D eigenvalue weighted by molar-refractivity contribution is -0.135. The molecule has 1 fully saturated rings. The Labute approximate surface area is 112 Å². The van der Waals surface area contributed by atoms with Gasteiger partial charge in [0.2, 0.25) is 5.91 Å². The Morgan fingerprint density at radius 2 is 1.72 bits per heavy atom. The summed E-state index contributed by atoms with van der Waals surface area (Å²) in [7, 11) is 0. The van der Waals surface area contributed by atoms with Crippen molar-refractivity contribution >= 4 is 5.91 Å². The molecule has 1 aliphatic carbocycles. The maximum Gasteiger partial charge on any atom is 0.226 e. The number of nitrogens with zero attached hydrogens (tertiary/aromatic N) is 1. The molecule has 0 aromatic rings. The van der Waals surface area contributed by atoms with Crippen molar-refractivity contribution in [2.24, 2.45) is 17.6 Å². The van der Waals surface area contributed by atoms with Crippen LogP contribution in [0, 0.1) is 11.8 Å². The Kier molecular flexibility index (Phi) is 7.33. The number of carbonyl (C=O) groups is 1. The third-order valence-electron chi connectivity index (χ3n) is 4.30. The molecule has 3 heteroatoms. The van der Waals surface area contributed by atoms with Gasteiger partial charge in [0.05, 0.1) is 5.92 Å². The zero-order valence-electron chi connectivity index (χ0n) is 12.2. The molecule has 3 nitrogen and oxygen atoms in total. The van der Waals surface area contributed by atoms with Gasteiger partial charge < -0.3 is 10.6 Å². The second kappa shape index (κ2) is 8.52. The van der Waals surface area contributed by atoms with Crippen molar-refractivity contribution in [3.63, 3.8) is 0 Å². The summed E-state index contributed by atoms with van der Waals surface area (Å²) >= 11 is 0. The van der Waals surface area contributed by atoms with E-state index in [-0.39, 0.29) is 11.8 Å². The van der Waals surface area contributed by atoms with Crippen molar-refractivity contribution < 1.29 is 4.79 Å². The highest BCUT2D eigenvalue weighted by atomic mass is 16.2. The molecule has 0 saturated heterocycles. The second-order valence-corrected chi connectivity index (χ2v) is 5.54. The van der Waals surface area contributed by atoms with Gasteiger partial charge in [-0.25, -0.2) is 0 Å². The van der Waals surface area contributed by atoms with E-state index in [0.29, 0.717) is 6.54 Å². The summed E-state index contributed by atoms with van der Waals surface area (Å²) < 4.78 is 0. The predicted octanol–water partition coefficient (Wildman–Crippen LogP) is 2.79. The van der Waals surface area contributed by atoms with Crippen LogP contribution in [0.4, 0.5) is 0 Å². The highest BCUT2D eigenvalue weighted by Gasteiger charge is 2.25. The SMILES string of the molecule is CCN(CC)C(=O)C(CN)CC1CCCCCC1. The molecule has 18 heavy (non-hydrogen) atoms. The van der Waals surface area contributed by atoms with Crippen LogP contribution in [-0.4, -0.2) is 30.4 Å². The fourth-order valence-electron chi connectivity index (χ4n) is 3.09. The van der Waals surface area contributed by atoms with Gasteiger partial charge in [0.1, 0.15) is 0 Å². The third-order valence-corrected chi connectivity index (χ3v) is 4.30. The summed E-state index contributed by atoms with van der Waals surface area (Å²) in [5, 5.41) is 0. The van der Waals surface area contributed by atoms with Crippen molar-refractivity contribution in [1.29, 1.82) is 0 Å². The van der Waals surface area contributed by atoms with Crippen LogP contribution in [0.15, 0.2) is 0 Å². The summed E-state index contributed by atoms with van der Waals surface area (Å²) in [5.41, 5.74) is 5.83. The Hall–Kier alpha value is -0.570.